The summed E-state index contributed by atoms with van der Waals surface area (Å²) in [5.74, 6) is -0.258. The summed E-state index contributed by atoms with van der Waals surface area (Å²) in [5.41, 5.74) is 7.21. The molecule has 0 saturated carbocycles. The third-order valence-corrected chi connectivity index (χ3v) is 6.23. The third-order valence-electron chi connectivity index (χ3n) is 6.23. The molecule has 0 aliphatic carbocycles. The number of rotatable bonds is 25. The van der Waals surface area contributed by atoms with Gasteiger partial charge >= 0.3 is 0 Å². The summed E-state index contributed by atoms with van der Waals surface area (Å²) in [6.07, 6.45) is 31.6. The van der Waals surface area contributed by atoms with Gasteiger partial charge in [-0.05, 0) is 19.4 Å². The van der Waals surface area contributed by atoms with Gasteiger partial charge in [-0.3, -0.25) is 10.0 Å². The van der Waals surface area contributed by atoms with Crippen LogP contribution in [0.2, 0.25) is 0 Å². The van der Waals surface area contributed by atoms with E-state index < -0.39 is 0 Å². The van der Waals surface area contributed by atoms with Crippen molar-refractivity contribution < 1.29 is 10.0 Å². The fourth-order valence-electron chi connectivity index (χ4n) is 4.20. The summed E-state index contributed by atoms with van der Waals surface area (Å²) in [5, 5.41) is 8.42. The first-order valence-corrected chi connectivity index (χ1v) is 13.4. The Morgan fingerprint density at radius 3 is 0.933 bits per heavy atom. The van der Waals surface area contributed by atoms with Gasteiger partial charge in [-0.25, -0.2) is 5.48 Å². The molecule has 0 bridgehead atoms. The molecule has 180 valence electrons. The van der Waals surface area contributed by atoms with Crippen molar-refractivity contribution in [2.45, 2.75) is 154 Å². The summed E-state index contributed by atoms with van der Waals surface area (Å²) < 4.78 is 0. The summed E-state index contributed by atoms with van der Waals surface area (Å²) in [6, 6.07) is 0. The number of hydroxylamine groups is 1. The maximum Gasteiger partial charge on any atom is 0.243 e. The normalized spacial score (nSPS) is 11.1. The van der Waals surface area contributed by atoms with Crippen molar-refractivity contribution in [3.63, 3.8) is 0 Å². The van der Waals surface area contributed by atoms with Gasteiger partial charge in [0.2, 0.25) is 5.91 Å². The Morgan fingerprint density at radius 2 is 0.700 bits per heavy atom. The predicted molar refractivity (Wildman–Crippen MR) is 130 cm³/mol. The molecule has 0 aliphatic rings. The number of nitrogens with two attached hydrogens (primary N) is 1. The van der Waals surface area contributed by atoms with Crippen molar-refractivity contribution in [2.75, 3.05) is 6.54 Å². The molecule has 0 aliphatic heterocycles. The van der Waals surface area contributed by atoms with Crippen LogP contribution < -0.4 is 11.2 Å². The zero-order chi connectivity index (χ0) is 22.0. The van der Waals surface area contributed by atoms with Crippen LogP contribution in [0.1, 0.15) is 154 Å². The van der Waals surface area contributed by atoms with Crippen molar-refractivity contribution in [3.8, 4) is 0 Å². The molecule has 0 fully saturated rings. The van der Waals surface area contributed by atoms with Crippen LogP contribution in [0.5, 0.6) is 0 Å². The van der Waals surface area contributed by atoms with Crippen LogP contribution in [0, 0.1) is 0 Å². The lowest BCUT2D eigenvalue weighted by Gasteiger charge is -2.04. The number of unbranched alkanes of at least 4 members (excludes halogenated alkanes) is 22. The zero-order valence-corrected chi connectivity index (χ0v) is 20.1. The Balaban J connectivity index is 3.01. The van der Waals surface area contributed by atoms with Crippen molar-refractivity contribution in [3.05, 3.63) is 0 Å². The molecule has 0 aromatic rings. The fourth-order valence-corrected chi connectivity index (χ4v) is 4.20. The topological polar surface area (TPSA) is 75.4 Å². The highest BCUT2D eigenvalue weighted by atomic mass is 16.5. The molecule has 0 aromatic carbocycles. The molecule has 0 rings (SSSR count). The van der Waals surface area contributed by atoms with E-state index in [0.717, 1.165) is 19.4 Å². The monoisotopic (exact) mass is 426 g/mol. The minimum Gasteiger partial charge on any atom is -0.330 e. The Hall–Kier alpha value is -0.610. The average Bonchev–Trinajstić information content (AvgIpc) is 2.76. The molecule has 0 heterocycles. The lowest BCUT2D eigenvalue weighted by Crippen LogP contribution is -2.17. The molecule has 4 N–H and O–H groups in total. The number of nitrogens with one attached hydrogen (secondary N) is 1. The van der Waals surface area contributed by atoms with E-state index in [-0.39, 0.29) is 5.91 Å². The SMILES string of the molecule is NCCCCCCCCCCCCCCCCCCCCCCCCCC(=O)NO. The molecule has 4 heteroatoms. The lowest BCUT2D eigenvalue weighted by molar-refractivity contribution is -0.129. The highest BCUT2D eigenvalue weighted by Crippen LogP contribution is 2.15. The second-order valence-corrected chi connectivity index (χ2v) is 9.21. The summed E-state index contributed by atoms with van der Waals surface area (Å²) in [6.45, 7) is 0.860. The van der Waals surface area contributed by atoms with Gasteiger partial charge in [0.25, 0.3) is 0 Å². The molecule has 0 aromatic heterocycles. The van der Waals surface area contributed by atoms with E-state index in [4.69, 9.17) is 10.9 Å². The van der Waals surface area contributed by atoms with Crippen LogP contribution in [0.25, 0.3) is 0 Å². The maximum atomic E-state index is 10.9. The molecule has 1 amide bonds. The highest BCUT2D eigenvalue weighted by Gasteiger charge is 1.98. The first-order chi connectivity index (χ1) is 14.8. The largest absolute Gasteiger partial charge is 0.330 e. The van der Waals surface area contributed by atoms with E-state index in [2.05, 4.69) is 0 Å². The van der Waals surface area contributed by atoms with Crippen LogP contribution in [0.3, 0.4) is 0 Å². The van der Waals surface area contributed by atoms with Crippen molar-refractivity contribution >= 4 is 5.91 Å². The number of amides is 1. The van der Waals surface area contributed by atoms with E-state index in [9.17, 15) is 4.79 Å². The number of hydrogen-bond acceptors (Lipinski definition) is 3. The molecular weight excluding hydrogens is 372 g/mol. The van der Waals surface area contributed by atoms with Gasteiger partial charge in [0, 0.05) is 6.42 Å². The Kier molecular flexibility index (Phi) is 25.9. The molecule has 0 spiro atoms. The van der Waals surface area contributed by atoms with E-state index in [1.54, 1.807) is 5.48 Å². The molecule has 0 radical (unpaired) electrons. The number of carbonyl (C=O) groups is 1. The highest BCUT2D eigenvalue weighted by molar-refractivity contribution is 5.74. The van der Waals surface area contributed by atoms with E-state index in [0.29, 0.717) is 6.42 Å². The Labute approximate surface area is 188 Å². The van der Waals surface area contributed by atoms with E-state index in [1.807, 2.05) is 0 Å². The van der Waals surface area contributed by atoms with Crippen LogP contribution >= 0.6 is 0 Å². The van der Waals surface area contributed by atoms with Gasteiger partial charge in [0.05, 0.1) is 0 Å². The third kappa shape index (κ3) is 25.4. The molecule has 4 nitrogen and oxygen atoms in total. The molecule has 0 unspecified atom stereocenters. The van der Waals surface area contributed by atoms with E-state index >= 15 is 0 Å². The molecule has 30 heavy (non-hydrogen) atoms. The summed E-state index contributed by atoms with van der Waals surface area (Å²) in [7, 11) is 0. The first kappa shape index (κ1) is 29.4. The van der Waals surface area contributed by atoms with Crippen molar-refractivity contribution in [2.24, 2.45) is 5.73 Å². The van der Waals surface area contributed by atoms with Crippen LogP contribution in [-0.2, 0) is 4.79 Å². The smallest absolute Gasteiger partial charge is 0.243 e. The van der Waals surface area contributed by atoms with Crippen LogP contribution in [-0.4, -0.2) is 17.7 Å². The minimum absolute atomic E-state index is 0.258. The second-order valence-electron chi connectivity index (χ2n) is 9.21. The summed E-state index contributed by atoms with van der Waals surface area (Å²) in [4.78, 5) is 10.9. The van der Waals surface area contributed by atoms with Gasteiger partial charge in [0.15, 0.2) is 0 Å². The van der Waals surface area contributed by atoms with Crippen LogP contribution in [0.15, 0.2) is 0 Å². The summed E-state index contributed by atoms with van der Waals surface area (Å²) >= 11 is 0. The van der Waals surface area contributed by atoms with Crippen molar-refractivity contribution in [1.82, 2.24) is 5.48 Å². The zero-order valence-electron chi connectivity index (χ0n) is 20.1. The second kappa shape index (κ2) is 26.4. The minimum atomic E-state index is -0.258. The first-order valence-electron chi connectivity index (χ1n) is 13.4. The standard InChI is InChI=1S/C26H54N2O2/c27-25-23-21-19-17-15-13-11-9-7-5-3-1-2-4-6-8-10-12-14-16-18-20-22-24-26(29)28-30/h30H,1-25,27H2,(H,28,29). The van der Waals surface area contributed by atoms with Crippen molar-refractivity contribution in [1.29, 1.82) is 0 Å². The Morgan fingerprint density at radius 1 is 0.467 bits per heavy atom. The van der Waals surface area contributed by atoms with E-state index in [1.165, 1.54) is 135 Å². The molecule has 0 saturated heterocycles. The van der Waals surface area contributed by atoms with Gasteiger partial charge < -0.3 is 5.73 Å². The Bertz CT molecular complexity index is 337. The van der Waals surface area contributed by atoms with Gasteiger partial charge in [-0.15, -0.1) is 0 Å². The number of carbonyl (C=O) groups excluding carboxylic acids is 1. The number of hydrogen-bond donors (Lipinski definition) is 3. The van der Waals surface area contributed by atoms with Gasteiger partial charge in [-0.2, -0.15) is 0 Å². The van der Waals surface area contributed by atoms with Crippen LogP contribution in [0.4, 0.5) is 0 Å². The predicted octanol–water partition coefficient (Wildman–Crippen LogP) is 7.81. The quantitative estimate of drug-likeness (QED) is 0.0791. The molecule has 0 atom stereocenters. The fraction of sp³-hybridized carbons (Fsp3) is 0.962. The van der Waals surface area contributed by atoms with Gasteiger partial charge in [0.1, 0.15) is 0 Å². The lowest BCUT2D eigenvalue weighted by atomic mass is 10.0. The maximum absolute atomic E-state index is 10.9. The van der Waals surface area contributed by atoms with Gasteiger partial charge in [-0.1, -0.05) is 135 Å². The molecular formula is C26H54N2O2. The average molecular weight is 427 g/mol.